The van der Waals surface area contributed by atoms with Crippen LogP contribution in [0.1, 0.15) is 35.5 Å². The SMILES string of the molecule is CCn1cc(CC(N)c2c(C)nn(C)c2C)cn1. The lowest BCUT2D eigenvalue weighted by molar-refractivity contribution is 0.656. The first kappa shape index (κ1) is 12.8. The highest BCUT2D eigenvalue weighted by atomic mass is 15.3. The maximum absolute atomic E-state index is 6.30. The van der Waals surface area contributed by atoms with E-state index in [0.29, 0.717) is 0 Å². The second kappa shape index (κ2) is 4.94. The van der Waals surface area contributed by atoms with Gasteiger partial charge in [0.1, 0.15) is 0 Å². The number of rotatable bonds is 4. The first-order valence-corrected chi connectivity index (χ1v) is 6.30. The quantitative estimate of drug-likeness (QED) is 0.890. The summed E-state index contributed by atoms with van der Waals surface area (Å²) in [5.41, 5.74) is 10.8. The van der Waals surface area contributed by atoms with E-state index < -0.39 is 0 Å². The molecule has 0 bridgehead atoms. The minimum Gasteiger partial charge on any atom is -0.324 e. The summed E-state index contributed by atoms with van der Waals surface area (Å²) in [6.45, 7) is 7.04. The molecule has 0 aliphatic rings. The third-order valence-corrected chi connectivity index (χ3v) is 3.40. The summed E-state index contributed by atoms with van der Waals surface area (Å²) in [5.74, 6) is 0. The first-order chi connectivity index (χ1) is 8.52. The summed E-state index contributed by atoms with van der Waals surface area (Å²) in [5, 5.41) is 8.68. The van der Waals surface area contributed by atoms with Gasteiger partial charge in [-0.2, -0.15) is 10.2 Å². The smallest absolute Gasteiger partial charge is 0.0644 e. The van der Waals surface area contributed by atoms with Crippen LogP contribution in [0.5, 0.6) is 0 Å². The standard InChI is InChI=1S/C13H21N5/c1-5-18-8-11(7-15-18)6-12(14)13-9(2)16-17(4)10(13)3/h7-8,12H,5-6,14H2,1-4H3. The van der Waals surface area contributed by atoms with Crippen molar-refractivity contribution in [1.29, 1.82) is 0 Å². The third kappa shape index (κ3) is 2.31. The van der Waals surface area contributed by atoms with Gasteiger partial charge in [-0.3, -0.25) is 9.36 Å². The molecule has 1 unspecified atom stereocenters. The van der Waals surface area contributed by atoms with Gasteiger partial charge in [-0.1, -0.05) is 0 Å². The van der Waals surface area contributed by atoms with Gasteiger partial charge in [0.15, 0.2) is 0 Å². The van der Waals surface area contributed by atoms with E-state index in [1.807, 2.05) is 29.5 Å². The van der Waals surface area contributed by atoms with Crippen molar-refractivity contribution in [1.82, 2.24) is 19.6 Å². The number of nitrogens with zero attached hydrogens (tertiary/aromatic N) is 4. The van der Waals surface area contributed by atoms with Crippen molar-refractivity contribution < 1.29 is 0 Å². The lowest BCUT2D eigenvalue weighted by Crippen LogP contribution is -2.15. The number of hydrogen-bond acceptors (Lipinski definition) is 3. The van der Waals surface area contributed by atoms with Crippen LogP contribution in [0.15, 0.2) is 12.4 Å². The van der Waals surface area contributed by atoms with Gasteiger partial charge in [0, 0.05) is 37.1 Å². The summed E-state index contributed by atoms with van der Waals surface area (Å²) in [6.07, 6.45) is 4.75. The third-order valence-electron chi connectivity index (χ3n) is 3.40. The predicted molar refractivity (Wildman–Crippen MR) is 71.2 cm³/mol. The van der Waals surface area contributed by atoms with E-state index >= 15 is 0 Å². The van der Waals surface area contributed by atoms with E-state index in [4.69, 9.17) is 5.73 Å². The molecule has 0 aromatic carbocycles. The van der Waals surface area contributed by atoms with Crippen molar-refractivity contribution in [3.05, 3.63) is 34.9 Å². The Kier molecular flexibility index (Phi) is 3.52. The Bertz CT molecular complexity index is 538. The minimum absolute atomic E-state index is 0.0202. The fourth-order valence-corrected chi connectivity index (χ4v) is 2.37. The van der Waals surface area contributed by atoms with Crippen LogP contribution in [0.3, 0.4) is 0 Å². The highest BCUT2D eigenvalue weighted by Gasteiger charge is 2.17. The zero-order chi connectivity index (χ0) is 13.3. The normalized spacial score (nSPS) is 12.9. The number of aromatic nitrogens is 4. The molecule has 0 saturated heterocycles. The Morgan fingerprint density at radius 3 is 2.61 bits per heavy atom. The molecule has 0 radical (unpaired) electrons. The molecule has 0 saturated carbocycles. The average Bonchev–Trinajstić information content (AvgIpc) is 2.85. The molecule has 2 rings (SSSR count). The minimum atomic E-state index is -0.0202. The van der Waals surface area contributed by atoms with Crippen molar-refractivity contribution >= 4 is 0 Å². The van der Waals surface area contributed by atoms with Crippen LogP contribution in [0, 0.1) is 13.8 Å². The van der Waals surface area contributed by atoms with E-state index in [-0.39, 0.29) is 6.04 Å². The molecule has 0 aliphatic heterocycles. The molecule has 0 aliphatic carbocycles. The molecular weight excluding hydrogens is 226 g/mol. The van der Waals surface area contributed by atoms with Crippen LogP contribution >= 0.6 is 0 Å². The highest BCUT2D eigenvalue weighted by Crippen LogP contribution is 2.22. The van der Waals surface area contributed by atoms with Gasteiger partial charge in [0.2, 0.25) is 0 Å². The van der Waals surface area contributed by atoms with Gasteiger partial charge < -0.3 is 5.73 Å². The number of hydrogen-bond donors (Lipinski definition) is 1. The summed E-state index contributed by atoms with van der Waals surface area (Å²) < 4.78 is 3.81. The molecule has 2 aromatic rings. The van der Waals surface area contributed by atoms with Crippen LogP contribution in [0.2, 0.25) is 0 Å². The average molecular weight is 247 g/mol. The van der Waals surface area contributed by atoms with Gasteiger partial charge in [0.05, 0.1) is 11.9 Å². The second-order valence-corrected chi connectivity index (χ2v) is 4.72. The van der Waals surface area contributed by atoms with Gasteiger partial charge in [-0.05, 0) is 32.8 Å². The molecule has 2 aromatic heterocycles. The molecule has 0 fully saturated rings. The summed E-state index contributed by atoms with van der Waals surface area (Å²) in [7, 11) is 1.95. The molecule has 5 nitrogen and oxygen atoms in total. The van der Waals surface area contributed by atoms with Crippen molar-refractivity contribution in [2.45, 2.75) is 39.8 Å². The largest absolute Gasteiger partial charge is 0.324 e. The summed E-state index contributed by atoms with van der Waals surface area (Å²) in [6, 6.07) is -0.0202. The zero-order valence-electron chi connectivity index (χ0n) is 11.5. The molecule has 2 N–H and O–H groups in total. The van der Waals surface area contributed by atoms with Gasteiger partial charge in [-0.15, -0.1) is 0 Å². The van der Waals surface area contributed by atoms with Gasteiger partial charge in [-0.25, -0.2) is 0 Å². The lowest BCUT2D eigenvalue weighted by Gasteiger charge is -2.11. The van der Waals surface area contributed by atoms with Crippen LogP contribution in [0.25, 0.3) is 0 Å². The molecule has 0 spiro atoms. The fraction of sp³-hybridized carbons (Fsp3) is 0.538. The maximum atomic E-state index is 6.30. The molecule has 98 valence electrons. The van der Waals surface area contributed by atoms with Crippen LogP contribution in [-0.4, -0.2) is 19.6 Å². The molecule has 2 heterocycles. The van der Waals surface area contributed by atoms with Crippen molar-refractivity contribution in [2.24, 2.45) is 12.8 Å². The van der Waals surface area contributed by atoms with E-state index in [9.17, 15) is 0 Å². The number of nitrogens with two attached hydrogens (primary N) is 1. The lowest BCUT2D eigenvalue weighted by atomic mass is 10.00. The predicted octanol–water partition coefficient (Wildman–Crippen LogP) is 1.50. The zero-order valence-corrected chi connectivity index (χ0v) is 11.5. The molecule has 0 amide bonds. The highest BCUT2D eigenvalue weighted by molar-refractivity contribution is 5.29. The monoisotopic (exact) mass is 247 g/mol. The van der Waals surface area contributed by atoms with Crippen molar-refractivity contribution in [3.8, 4) is 0 Å². The summed E-state index contributed by atoms with van der Waals surface area (Å²) >= 11 is 0. The van der Waals surface area contributed by atoms with Crippen LogP contribution in [0.4, 0.5) is 0 Å². The van der Waals surface area contributed by atoms with E-state index in [1.165, 1.54) is 5.56 Å². The van der Waals surface area contributed by atoms with E-state index in [0.717, 1.165) is 29.9 Å². The Labute approximate surface area is 108 Å². The molecular formula is C13H21N5. The second-order valence-electron chi connectivity index (χ2n) is 4.72. The van der Waals surface area contributed by atoms with Crippen molar-refractivity contribution in [3.63, 3.8) is 0 Å². The Morgan fingerprint density at radius 2 is 2.11 bits per heavy atom. The molecule has 5 heteroatoms. The van der Waals surface area contributed by atoms with Crippen LogP contribution in [-0.2, 0) is 20.0 Å². The topological polar surface area (TPSA) is 61.7 Å². The Balaban J connectivity index is 2.18. The first-order valence-electron chi connectivity index (χ1n) is 6.30. The van der Waals surface area contributed by atoms with E-state index in [2.05, 4.69) is 30.2 Å². The molecule has 18 heavy (non-hydrogen) atoms. The summed E-state index contributed by atoms with van der Waals surface area (Å²) in [4.78, 5) is 0. The van der Waals surface area contributed by atoms with Gasteiger partial charge >= 0.3 is 0 Å². The molecule has 1 atom stereocenters. The van der Waals surface area contributed by atoms with E-state index in [1.54, 1.807) is 0 Å². The Morgan fingerprint density at radius 1 is 1.39 bits per heavy atom. The van der Waals surface area contributed by atoms with Crippen LogP contribution < -0.4 is 5.73 Å². The number of aryl methyl sites for hydroxylation is 3. The van der Waals surface area contributed by atoms with Crippen molar-refractivity contribution in [2.75, 3.05) is 0 Å². The van der Waals surface area contributed by atoms with Gasteiger partial charge in [0.25, 0.3) is 0 Å². The Hall–Kier alpha value is -1.62. The maximum Gasteiger partial charge on any atom is 0.0644 e. The fourth-order valence-electron chi connectivity index (χ4n) is 2.37.